The molecule has 82 valence electrons. The van der Waals surface area contributed by atoms with E-state index in [-0.39, 0.29) is 6.54 Å². The number of rotatable bonds is 7. The van der Waals surface area contributed by atoms with Crippen LogP contribution in [-0.2, 0) is 11.3 Å². The lowest BCUT2D eigenvalue weighted by Crippen LogP contribution is -2.32. The van der Waals surface area contributed by atoms with Crippen LogP contribution in [0.1, 0.15) is 0 Å². The first-order chi connectivity index (χ1) is 7.22. The van der Waals surface area contributed by atoms with Crippen molar-refractivity contribution < 1.29 is 9.90 Å². The third-order valence-corrected chi connectivity index (χ3v) is 1.95. The Kier molecular flexibility index (Phi) is 4.56. The summed E-state index contributed by atoms with van der Waals surface area (Å²) < 4.78 is 1.78. The fourth-order valence-electron chi connectivity index (χ4n) is 1.29. The number of nitrogens with zero attached hydrogens (tertiary/aromatic N) is 3. The van der Waals surface area contributed by atoms with Gasteiger partial charge in [-0.25, -0.2) is 0 Å². The Morgan fingerprint density at radius 1 is 1.67 bits per heavy atom. The van der Waals surface area contributed by atoms with Gasteiger partial charge in [-0.3, -0.25) is 14.4 Å². The largest absolute Gasteiger partial charge is 0.480 e. The van der Waals surface area contributed by atoms with Gasteiger partial charge in [0.15, 0.2) is 0 Å². The zero-order chi connectivity index (χ0) is 11.1. The first-order valence-electron chi connectivity index (χ1n) is 4.75. The molecule has 1 aromatic heterocycles. The molecule has 0 aliphatic rings. The molecule has 0 aromatic carbocycles. The molecule has 1 N–H and O–H groups in total. The molecule has 1 aromatic rings. The van der Waals surface area contributed by atoms with Gasteiger partial charge in [-0.1, -0.05) is 6.08 Å². The van der Waals surface area contributed by atoms with Gasteiger partial charge in [0.2, 0.25) is 0 Å². The molecule has 0 fully saturated rings. The summed E-state index contributed by atoms with van der Waals surface area (Å²) in [7, 11) is 0. The Balaban J connectivity index is 2.37. The molecular weight excluding hydrogens is 194 g/mol. The fraction of sp³-hybridized carbons (Fsp3) is 0.400. The van der Waals surface area contributed by atoms with E-state index in [4.69, 9.17) is 5.11 Å². The highest BCUT2D eigenvalue weighted by Gasteiger charge is 2.07. The zero-order valence-corrected chi connectivity index (χ0v) is 8.54. The normalized spacial score (nSPS) is 10.5. The van der Waals surface area contributed by atoms with E-state index in [2.05, 4.69) is 11.7 Å². The maximum absolute atomic E-state index is 10.5. The lowest BCUT2D eigenvalue weighted by Gasteiger charge is -2.17. The predicted octanol–water partition coefficient (Wildman–Crippen LogP) is 0.456. The molecule has 5 heteroatoms. The molecule has 15 heavy (non-hydrogen) atoms. The molecular formula is C10H15N3O2. The topological polar surface area (TPSA) is 58.4 Å². The molecule has 1 rings (SSSR count). The van der Waals surface area contributed by atoms with Gasteiger partial charge in [-0.05, 0) is 6.07 Å². The van der Waals surface area contributed by atoms with Crippen molar-refractivity contribution in [1.29, 1.82) is 0 Å². The van der Waals surface area contributed by atoms with E-state index in [9.17, 15) is 4.79 Å². The molecule has 0 atom stereocenters. The minimum Gasteiger partial charge on any atom is -0.480 e. The summed E-state index contributed by atoms with van der Waals surface area (Å²) in [6, 6.07) is 1.84. The zero-order valence-electron chi connectivity index (χ0n) is 8.54. The second kappa shape index (κ2) is 5.98. The molecule has 0 radical (unpaired) electrons. The second-order valence-electron chi connectivity index (χ2n) is 3.19. The first-order valence-corrected chi connectivity index (χ1v) is 4.75. The molecule has 0 aliphatic heterocycles. The van der Waals surface area contributed by atoms with E-state index < -0.39 is 5.97 Å². The van der Waals surface area contributed by atoms with Gasteiger partial charge < -0.3 is 5.11 Å². The second-order valence-corrected chi connectivity index (χ2v) is 3.19. The van der Waals surface area contributed by atoms with Crippen LogP contribution in [0, 0.1) is 0 Å². The van der Waals surface area contributed by atoms with E-state index in [1.165, 1.54) is 0 Å². The van der Waals surface area contributed by atoms with Crippen molar-refractivity contribution in [1.82, 2.24) is 14.7 Å². The summed E-state index contributed by atoms with van der Waals surface area (Å²) in [6.45, 7) is 5.55. The third kappa shape index (κ3) is 4.42. The minimum atomic E-state index is -0.822. The minimum absolute atomic E-state index is 0.0350. The average Bonchev–Trinajstić information content (AvgIpc) is 2.66. The first kappa shape index (κ1) is 11.5. The third-order valence-electron chi connectivity index (χ3n) is 1.95. The number of aromatic nitrogens is 2. The maximum atomic E-state index is 10.5. The molecule has 0 unspecified atom stereocenters. The summed E-state index contributed by atoms with van der Waals surface area (Å²) in [6.07, 6.45) is 5.26. The monoisotopic (exact) mass is 209 g/mol. The van der Waals surface area contributed by atoms with Crippen LogP contribution in [0.3, 0.4) is 0 Å². The smallest absolute Gasteiger partial charge is 0.317 e. The highest BCUT2D eigenvalue weighted by molar-refractivity contribution is 5.69. The maximum Gasteiger partial charge on any atom is 0.317 e. The van der Waals surface area contributed by atoms with Gasteiger partial charge in [-0.2, -0.15) is 5.10 Å². The van der Waals surface area contributed by atoms with Crippen LogP contribution < -0.4 is 0 Å². The van der Waals surface area contributed by atoms with Crippen LogP contribution in [0.4, 0.5) is 0 Å². The molecule has 0 bridgehead atoms. The molecule has 0 spiro atoms. The van der Waals surface area contributed by atoms with E-state index in [1.807, 2.05) is 12.3 Å². The lowest BCUT2D eigenvalue weighted by atomic mass is 10.4. The summed E-state index contributed by atoms with van der Waals surface area (Å²) in [5.41, 5.74) is 0. The molecule has 0 aliphatic carbocycles. The Hall–Kier alpha value is -1.62. The van der Waals surface area contributed by atoms with Crippen LogP contribution in [0.25, 0.3) is 0 Å². The van der Waals surface area contributed by atoms with Crippen molar-refractivity contribution in [2.75, 3.05) is 19.6 Å². The Morgan fingerprint density at radius 3 is 3.00 bits per heavy atom. The molecule has 1 heterocycles. The van der Waals surface area contributed by atoms with Crippen molar-refractivity contribution in [3.8, 4) is 0 Å². The van der Waals surface area contributed by atoms with Crippen molar-refractivity contribution in [3.63, 3.8) is 0 Å². The van der Waals surface area contributed by atoms with Crippen molar-refractivity contribution in [2.45, 2.75) is 6.54 Å². The van der Waals surface area contributed by atoms with E-state index in [1.54, 1.807) is 21.9 Å². The Bertz CT molecular complexity index is 308. The Labute approximate surface area is 88.6 Å². The highest BCUT2D eigenvalue weighted by Crippen LogP contribution is 1.92. The van der Waals surface area contributed by atoms with Crippen molar-refractivity contribution >= 4 is 5.97 Å². The SMILES string of the molecule is C=CCN(CCn1cccn1)CC(=O)O. The van der Waals surface area contributed by atoms with Gasteiger partial charge in [-0.15, -0.1) is 6.58 Å². The number of carboxylic acids is 1. The van der Waals surface area contributed by atoms with Gasteiger partial charge in [0.25, 0.3) is 0 Å². The number of hydrogen-bond donors (Lipinski definition) is 1. The summed E-state index contributed by atoms with van der Waals surface area (Å²) in [4.78, 5) is 12.4. The van der Waals surface area contributed by atoms with Gasteiger partial charge >= 0.3 is 5.97 Å². The molecule has 5 nitrogen and oxygen atoms in total. The van der Waals surface area contributed by atoms with Crippen LogP contribution in [0.15, 0.2) is 31.1 Å². The number of aliphatic carboxylic acids is 1. The van der Waals surface area contributed by atoms with Crippen LogP contribution in [0.2, 0.25) is 0 Å². The molecule has 0 amide bonds. The Morgan fingerprint density at radius 2 is 2.47 bits per heavy atom. The van der Waals surface area contributed by atoms with E-state index in [0.717, 1.165) is 0 Å². The summed E-state index contributed by atoms with van der Waals surface area (Å²) in [5.74, 6) is -0.822. The van der Waals surface area contributed by atoms with Crippen LogP contribution >= 0.6 is 0 Å². The van der Waals surface area contributed by atoms with Gasteiger partial charge in [0.05, 0.1) is 13.1 Å². The van der Waals surface area contributed by atoms with Gasteiger partial charge in [0.1, 0.15) is 0 Å². The molecule has 0 saturated heterocycles. The van der Waals surface area contributed by atoms with Crippen LogP contribution in [-0.4, -0.2) is 45.4 Å². The summed E-state index contributed by atoms with van der Waals surface area (Å²) in [5, 5.41) is 12.7. The summed E-state index contributed by atoms with van der Waals surface area (Å²) >= 11 is 0. The fourth-order valence-corrected chi connectivity index (χ4v) is 1.29. The average molecular weight is 209 g/mol. The number of carbonyl (C=O) groups is 1. The van der Waals surface area contributed by atoms with E-state index in [0.29, 0.717) is 19.6 Å². The predicted molar refractivity (Wildman–Crippen MR) is 56.5 cm³/mol. The van der Waals surface area contributed by atoms with Gasteiger partial charge in [0, 0.05) is 25.5 Å². The van der Waals surface area contributed by atoms with Crippen LogP contribution in [0.5, 0.6) is 0 Å². The number of hydrogen-bond acceptors (Lipinski definition) is 3. The van der Waals surface area contributed by atoms with Crippen molar-refractivity contribution in [2.24, 2.45) is 0 Å². The van der Waals surface area contributed by atoms with E-state index >= 15 is 0 Å². The standard InChI is InChI=1S/C10H15N3O2/c1-2-5-12(9-10(14)15)7-8-13-6-3-4-11-13/h2-4,6H,1,5,7-9H2,(H,14,15). The molecule has 0 saturated carbocycles. The number of carboxylic acid groups (broad SMARTS) is 1. The quantitative estimate of drug-likeness (QED) is 0.663. The highest BCUT2D eigenvalue weighted by atomic mass is 16.4. The van der Waals surface area contributed by atoms with Crippen molar-refractivity contribution in [3.05, 3.63) is 31.1 Å². The lowest BCUT2D eigenvalue weighted by molar-refractivity contribution is -0.138.